The Bertz CT molecular complexity index is 2180. The number of carbonyl (C=O) groups excluding carboxylic acids is 2. The van der Waals surface area contributed by atoms with E-state index in [1.54, 1.807) is 54.1 Å². The second-order valence-electron chi connectivity index (χ2n) is 11.4. The van der Waals surface area contributed by atoms with E-state index < -0.39 is 18.0 Å². The predicted octanol–water partition coefficient (Wildman–Crippen LogP) is 5.21. The molecule has 1 atom stereocenters. The van der Waals surface area contributed by atoms with E-state index in [0.717, 1.165) is 5.69 Å². The van der Waals surface area contributed by atoms with Crippen molar-refractivity contribution in [3.05, 3.63) is 139 Å². The van der Waals surface area contributed by atoms with Gasteiger partial charge in [0.2, 0.25) is 0 Å². The van der Waals surface area contributed by atoms with Crippen LogP contribution in [0.5, 0.6) is 0 Å². The van der Waals surface area contributed by atoms with E-state index >= 15 is 0 Å². The molecule has 0 saturated heterocycles. The zero-order chi connectivity index (χ0) is 33.2. The molecule has 0 bridgehead atoms. The van der Waals surface area contributed by atoms with E-state index in [-0.39, 0.29) is 29.5 Å². The second kappa shape index (κ2) is 13.1. The molecule has 47 heavy (non-hydrogen) atoms. The number of carbonyl (C=O) groups is 2. The number of halogens is 1. The first kappa shape index (κ1) is 31.6. The summed E-state index contributed by atoms with van der Waals surface area (Å²) in [5.74, 6) is -1.34. The summed E-state index contributed by atoms with van der Waals surface area (Å²) in [5.41, 5.74) is 3.91. The number of allylic oxidation sites excluding steroid dienone is 1. The summed E-state index contributed by atoms with van der Waals surface area (Å²) in [5, 5.41) is 4.79. The van der Waals surface area contributed by atoms with Crippen molar-refractivity contribution in [2.75, 3.05) is 13.7 Å². The lowest BCUT2D eigenvalue weighted by Crippen LogP contribution is -2.40. The Kier molecular flexibility index (Phi) is 8.82. The van der Waals surface area contributed by atoms with Gasteiger partial charge in [-0.25, -0.2) is 23.7 Å². The quantitative estimate of drug-likeness (QED) is 0.214. The van der Waals surface area contributed by atoms with Crippen molar-refractivity contribution in [3.8, 4) is 16.9 Å². The molecule has 1 aliphatic heterocycles. The molecule has 0 aliphatic carbocycles. The van der Waals surface area contributed by atoms with E-state index in [2.05, 4.69) is 4.99 Å². The third-order valence-electron chi connectivity index (χ3n) is 7.60. The Morgan fingerprint density at radius 3 is 2.36 bits per heavy atom. The highest BCUT2D eigenvalue weighted by Gasteiger charge is 2.33. The van der Waals surface area contributed by atoms with Crippen LogP contribution in [-0.4, -0.2) is 40.0 Å². The number of esters is 2. The Morgan fingerprint density at radius 1 is 1.00 bits per heavy atom. The molecule has 0 saturated carbocycles. The van der Waals surface area contributed by atoms with Gasteiger partial charge in [-0.2, -0.15) is 5.10 Å². The molecule has 0 spiro atoms. The van der Waals surface area contributed by atoms with Crippen LogP contribution >= 0.6 is 11.3 Å². The zero-order valence-corrected chi connectivity index (χ0v) is 27.0. The van der Waals surface area contributed by atoms with Crippen LogP contribution in [0, 0.1) is 11.7 Å². The molecule has 6 rings (SSSR count). The van der Waals surface area contributed by atoms with Gasteiger partial charge in [0, 0.05) is 17.3 Å². The van der Waals surface area contributed by atoms with Crippen molar-refractivity contribution in [2.45, 2.75) is 26.8 Å². The van der Waals surface area contributed by atoms with Crippen LogP contribution < -0.4 is 14.9 Å². The first-order valence-electron chi connectivity index (χ1n) is 14.9. The van der Waals surface area contributed by atoms with Crippen molar-refractivity contribution in [2.24, 2.45) is 10.9 Å². The van der Waals surface area contributed by atoms with Crippen LogP contribution in [0.2, 0.25) is 0 Å². The number of rotatable bonds is 8. The van der Waals surface area contributed by atoms with Gasteiger partial charge in [-0.05, 0) is 73.0 Å². The average molecular weight is 651 g/mol. The smallest absolute Gasteiger partial charge is 0.338 e. The number of hydrogen-bond acceptors (Lipinski definition) is 8. The molecule has 0 fully saturated rings. The number of thiazole rings is 1. The van der Waals surface area contributed by atoms with Gasteiger partial charge in [0.05, 0.1) is 46.8 Å². The van der Waals surface area contributed by atoms with Crippen molar-refractivity contribution in [1.29, 1.82) is 0 Å². The molecule has 2 aromatic heterocycles. The molecule has 0 N–H and O–H groups in total. The first-order valence-corrected chi connectivity index (χ1v) is 15.7. The van der Waals surface area contributed by atoms with Crippen LogP contribution in [0.3, 0.4) is 0 Å². The first-order chi connectivity index (χ1) is 22.6. The number of methoxy groups -OCH3 is 1. The normalized spacial score (nSPS) is 14.6. The van der Waals surface area contributed by atoms with Crippen LogP contribution in [0.15, 0.2) is 106 Å². The molecular weight excluding hydrogens is 619 g/mol. The fourth-order valence-corrected chi connectivity index (χ4v) is 6.35. The summed E-state index contributed by atoms with van der Waals surface area (Å²) >= 11 is 1.18. The Balaban J connectivity index is 1.52. The van der Waals surface area contributed by atoms with Gasteiger partial charge in [-0.15, -0.1) is 0 Å². The third-order valence-corrected chi connectivity index (χ3v) is 8.59. The van der Waals surface area contributed by atoms with E-state index in [0.29, 0.717) is 43.0 Å². The maximum Gasteiger partial charge on any atom is 0.338 e. The van der Waals surface area contributed by atoms with Crippen molar-refractivity contribution < 1.29 is 23.5 Å². The summed E-state index contributed by atoms with van der Waals surface area (Å²) < 4.78 is 27.9. The lowest BCUT2D eigenvalue weighted by molar-refractivity contribution is -0.140. The molecule has 3 aromatic carbocycles. The average Bonchev–Trinajstić information content (AvgIpc) is 3.63. The molecule has 11 heteroatoms. The summed E-state index contributed by atoms with van der Waals surface area (Å²) in [6.07, 6.45) is 3.55. The highest BCUT2D eigenvalue weighted by Crippen LogP contribution is 2.31. The van der Waals surface area contributed by atoms with Gasteiger partial charge >= 0.3 is 11.9 Å². The van der Waals surface area contributed by atoms with Gasteiger partial charge in [0.1, 0.15) is 11.5 Å². The zero-order valence-electron chi connectivity index (χ0n) is 26.1. The Morgan fingerprint density at radius 2 is 1.70 bits per heavy atom. The number of fused-ring (bicyclic) bond motifs is 1. The predicted molar refractivity (Wildman–Crippen MR) is 176 cm³/mol. The standard InChI is InChI=1S/C36H31FN4O5S/c1-21(2)20-46-35(44)30-22(3)38-36-41(32(30)24-10-12-25(13-11-24)34(43)45-4)33(42)29(47-36)18-26-19-40(28-8-6-5-7-9-28)39-31(26)23-14-16-27(37)17-15-23/h5-19,21,32H,20H2,1-4H3. The minimum absolute atomic E-state index is 0.103. The highest BCUT2D eigenvalue weighted by molar-refractivity contribution is 7.07. The van der Waals surface area contributed by atoms with Gasteiger partial charge in [-0.3, -0.25) is 9.36 Å². The topological polar surface area (TPSA) is 105 Å². The minimum atomic E-state index is -0.858. The monoisotopic (exact) mass is 650 g/mol. The maximum atomic E-state index is 14.3. The van der Waals surface area contributed by atoms with Crippen molar-refractivity contribution in [3.63, 3.8) is 0 Å². The molecule has 0 amide bonds. The number of benzene rings is 3. The SMILES string of the molecule is COC(=O)c1ccc(C2C(C(=O)OCC(C)C)=C(C)N=c3sc(=Cc4cn(-c5ccccc5)nc4-c4ccc(F)cc4)c(=O)n32)cc1. The van der Waals surface area contributed by atoms with E-state index in [1.165, 1.54) is 35.1 Å². The second-order valence-corrected chi connectivity index (χ2v) is 12.4. The van der Waals surface area contributed by atoms with Gasteiger partial charge in [0.15, 0.2) is 4.80 Å². The van der Waals surface area contributed by atoms with E-state index in [1.807, 2.05) is 50.4 Å². The fraction of sp³-hybridized carbons (Fsp3) is 0.194. The van der Waals surface area contributed by atoms with Gasteiger partial charge in [0.25, 0.3) is 5.56 Å². The molecule has 238 valence electrons. The molecule has 5 aromatic rings. The molecule has 1 aliphatic rings. The third kappa shape index (κ3) is 6.34. The summed E-state index contributed by atoms with van der Waals surface area (Å²) in [6, 6.07) is 21.3. The fourth-order valence-electron chi connectivity index (χ4n) is 5.32. The van der Waals surface area contributed by atoms with Crippen LogP contribution in [-0.2, 0) is 14.3 Å². The Hall–Kier alpha value is -5.42. The number of aromatic nitrogens is 3. The van der Waals surface area contributed by atoms with Crippen molar-refractivity contribution in [1.82, 2.24) is 14.3 Å². The van der Waals surface area contributed by atoms with Crippen LogP contribution in [0.1, 0.15) is 48.3 Å². The summed E-state index contributed by atoms with van der Waals surface area (Å²) in [4.78, 5) is 45.0. The minimum Gasteiger partial charge on any atom is -0.465 e. The van der Waals surface area contributed by atoms with E-state index in [4.69, 9.17) is 14.6 Å². The van der Waals surface area contributed by atoms with Crippen molar-refractivity contribution >= 4 is 29.4 Å². The molecule has 0 radical (unpaired) electrons. The highest BCUT2D eigenvalue weighted by atomic mass is 32.1. The summed E-state index contributed by atoms with van der Waals surface area (Å²) in [7, 11) is 1.30. The Labute approximate surface area is 273 Å². The van der Waals surface area contributed by atoms with Crippen LogP contribution in [0.4, 0.5) is 4.39 Å². The number of hydrogen-bond donors (Lipinski definition) is 0. The number of para-hydroxylation sites is 1. The number of nitrogens with zero attached hydrogens (tertiary/aromatic N) is 4. The van der Waals surface area contributed by atoms with Crippen LogP contribution in [0.25, 0.3) is 23.0 Å². The largest absolute Gasteiger partial charge is 0.465 e. The number of ether oxygens (including phenoxy) is 2. The van der Waals surface area contributed by atoms with Gasteiger partial charge < -0.3 is 9.47 Å². The molecule has 3 heterocycles. The maximum absolute atomic E-state index is 14.3. The lowest BCUT2D eigenvalue weighted by atomic mass is 9.95. The molecular formula is C36H31FN4O5S. The summed E-state index contributed by atoms with van der Waals surface area (Å²) in [6.45, 7) is 5.79. The lowest BCUT2D eigenvalue weighted by Gasteiger charge is -2.25. The molecule has 9 nitrogen and oxygen atoms in total. The van der Waals surface area contributed by atoms with E-state index in [9.17, 15) is 18.8 Å². The molecule has 1 unspecified atom stereocenters. The van der Waals surface area contributed by atoms with Gasteiger partial charge in [-0.1, -0.05) is 55.5 Å².